The van der Waals surface area contributed by atoms with Gasteiger partial charge in [-0.2, -0.15) is 0 Å². The maximum absolute atomic E-state index is 13.6. The highest BCUT2D eigenvalue weighted by atomic mass is 35.5. The van der Waals surface area contributed by atoms with E-state index in [4.69, 9.17) is 11.6 Å². The van der Waals surface area contributed by atoms with Gasteiger partial charge in [-0.3, -0.25) is 0 Å². The highest BCUT2D eigenvalue weighted by Crippen LogP contribution is 2.30. The molecule has 2 rings (SSSR count). The van der Waals surface area contributed by atoms with E-state index < -0.39 is 0 Å². The van der Waals surface area contributed by atoms with Crippen LogP contribution in [0.25, 0.3) is 0 Å². The number of anilines is 1. The minimum absolute atomic E-state index is 0.190. The molecule has 0 amide bonds. The van der Waals surface area contributed by atoms with Crippen LogP contribution in [0.4, 0.5) is 10.1 Å². The quantitative estimate of drug-likeness (QED) is 0.709. The van der Waals surface area contributed by atoms with Crippen LogP contribution in [0.2, 0.25) is 0 Å². The molecular weight excluding hydrogens is 225 g/mol. The Hall–Kier alpha value is -0.760. The Morgan fingerprint density at radius 1 is 1.44 bits per heavy atom. The van der Waals surface area contributed by atoms with Crippen LogP contribution in [-0.4, -0.2) is 12.6 Å². The second-order valence-corrected chi connectivity index (χ2v) is 4.68. The van der Waals surface area contributed by atoms with Crippen molar-refractivity contribution in [2.24, 2.45) is 0 Å². The number of hydrogen-bond donors (Lipinski definition) is 0. The molecule has 1 saturated heterocycles. The smallest absolute Gasteiger partial charge is 0.129 e. The third-order valence-corrected chi connectivity index (χ3v) is 3.61. The van der Waals surface area contributed by atoms with E-state index in [0.29, 0.717) is 11.6 Å². The first-order valence-electron chi connectivity index (χ1n) is 5.84. The van der Waals surface area contributed by atoms with Crippen LogP contribution in [-0.2, 0) is 5.88 Å². The first-order chi connectivity index (χ1) is 7.74. The highest BCUT2D eigenvalue weighted by molar-refractivity contribution is 6.17. The lowest BCUT2D eigenvalue weighted by atomic mass is 10.0. The minimum atomic E-state index is -0.190. The molecule has 0 saturated carbocycles. The van der Waals surface area contributed by atoms with Gasteiger partial charge in [0.05, 0.1) is 5.88 Å². The molecule has 0 aliphatic carbocycles. The van der Waals surface area contributed by atoms with Crippen LogP contribution in [0.15, 0.2) is 18.2 Å². The summed E-state index contributed by atoms with van der Waals surface area (Å²) >= 11 is 5.84. The van der Waals surface area contributed by atoms with Crippen LogP contribution in [0, 0.1) is 5.82 Å². The number of halogens is 2. The maximum Gasteiger partial charge on any atom is 0.129 e. The van der Waals surface area contributed by atoms with Gasteiger partial charge in [-0.25, -0.2) is 4.39 Å². The summed E-state index contributed by atoms with van der Waals surface area (Å²) in [7, 11) is 0. The largest absolute Gasteiger partial charge is 0.368 e. The fourth-order valence-electron chi connectivity index (χ4n) is 2.40. The Kier molecular flexibility index (Phi) is 3.70. The molecule has 1 aromatic rings. The lowest BCUT2D eigenvalue weighted by Gasteiger charge is -2.36. The zero-order chi connectivity index (χ0) is 11.5. The van der Waals surface area contributed by atoms with Crippen molar-refractivity contribution in [3.63, 3.8) is 0 Å². The molecule has 1 fully saturated rings. The summed E-state index contributed by atoms with van der Waals surface area (Å²) in [5.41, 5.74) is 1.61. The van der Waals surface area contributed by atoms with Crippen molar-refractivity contribution in [1.82, 2.24) is 0 Å². The fourth-order valence-corrected chi connectivity index (χ4v) is 2.67. The second-order valence-electron chi connectivity index (χ2n) is 4.41. The molecule has 0 radical (unpaired) electrons. The fraction of sp³-hybridized carbons (Fsp3) is 0.538. The van der Waals surface area contributed by atoms with Gasteiger partial charge in [0.1, 0.15) is 5.82 Å². The van der Waals surface area contributed by atoms with E-state index in [1.807, 2.05) is 6.07 Å². The molecule has 1 aliphatic heterocycles. The topological polar surface area (TPSA) is 3.24 Å². The van der Waals surface area contributed by atoms with E-state index in [2.05, 4.69) is 11.8 Å². The summed E-state index contributed by atoms with van der Waals surface area (Å²) in [6.45, 7) is 3.20. The number of piperidine rings is 1. The molecule has 1 heterocycles. The second kappa shape index (κ2) is 5.05. The van der Waals surface area contributed by atoms with Gasteiger partial charge in [0.2, 0.25) is 0 Å². The van der Waals surface area contributed by atoms with Gasteiger partial charge in [-0.15, -0.1) is 11.6 Å². The molecule has 88 valence electrons. The third-order valence-electron chi connectivity index (χ3n) is 3.34. The molecular formula is C13H17ClFN. The molecule has 1 nitrogen and oxygen atoms in total. The number of benzene rings is 1. The highest BCUT2D eigenvalue weighted by Gasteiger charge is 2.21. The third kappa shape index (κ3) is 2.17. The first kappa shape index (κ1) is 11.7. The average molecular weight is 242 g/mol. The van der Waals surface area contributed by atoms with E-state index in [1.54, 1.807) is 6.07 Å². The lowest BCUT2D eigenvalue weighted by molar-refractivity contribution is 0.482. The summed E-state index contributed by atoms with van der Waals surface area (Å²) in [6, 6.07) is 5.71. The van der Waals surface area contributed by atoms with Gasteiger partial charge in [0, 0.05) is 23.8 Å². The minimum Gasteiger partial charge on any atom is -0.368 e. The van der Waals surface area contributed by atoms with E-state index in [1.165, 1.54) is 25.3 Å². The predicted octanol–water partition coefficient (Wildman–Crippen LogP) is 3.94. The summed E-state index contributed by atoms with van der Waals surface area (Å²) in [5, 5.41) is 0. The average Bonchev–Trinajstić information content (AvgIpc) is 2.29. The molecule has 0 bridgehead atoms. The molecule has 16 heavy (non-hydrogen) atoms. The Labute approximate surface area is 101 Å². The van der Waals surface area contributed by atoms with Crippen molar-refractivity contribution >= 4 is 17.3 Å². The standard InChI is InChI=1S/C13H17ClFN/c1-10-5-2-3-8-16(10)13-7-4-6-12(15)11(13)9-14/h4,6-7,10H,2-3,5,8-9H2,1H3. The molecule has 0 N–H and O–H groups in total. The van der Waals surface area contributed by atoms with Gasteiger partial charge in [0.15, 0.2) is 0 Å². The lowest BCUT2D eigenvalue weighted by Crippen LogP contribution is -2.38. The summed E-state index contributed by atoms with van der Waals surface area (Å²) in [5.74, 6) is 0.0517. The summed E-state index contributed by atoms with van der Waals surface area (Å²) in [6.07, 6.45) is 3.63. The Morgan fingerprint density at radius 3 is 2.94 bits per heavy atom. The Morgan fingerprint density at radius 2 is 2.25 bits per heavy atom. The molecule has 1 unspecified atom stereocenters. The van der Waals surface area contributed by atoms with Crippen molar-refractivity contribution in [2.75, 3.05) is 11.4 Å². The van der Waals surface area contributed by atoms with Crippen molar-refractivity contribution < 1.29 is 4.39 Å². The van der Waals surface area contributed by atoms with Crippen molar-refractivity contribution in [3.05, 3.63) is 29.6 Å². The van der Waals surface area contributed by atoms with E-state index in [-0.39, 0.29) is 11.7 Å². The van der Waals surface area contributed by atoms with E-state index in [0.717, 1.165) is 12.2 Å². The molecule has 1 aliphatic rings. The number of alkyl halides is 1. The van der Waals surface area contributed by atoms with Gasteiger partial charge >= 0.3 is 0 Å². The summed E-state index contributed by atoms with van der Waals surface area (Å²) < 4.78 is 13.6. The Balaban J connectivity index is 2.34. The molecule has 1 aromatic carbocycles. The van der Waals surface area contributed by atoms with Crippen LogP contribution < -0.4 is 4.90 Å². The van der Waals surface area contributed by atoms with Gasteiger partial charge in [-0.1, -0.05) is 6.07 Å². The van der Waals surface area contributed by atoms with E-state index >= 15 is 0 Å². The molecule has 0 spiro atoms. The summed E-state index contributed by atoms with van der Waals surface area (Å²) in [4.78, 5) is 2.28. The number of nitrogens with zero attached hydrogens (tertiary/aromatic N) is 1. The molecule has 1 atom stereocenters. The predicted molar refractivity (Wildman–Crippen MR) is 66.6 cm³/mol. The van der Waals surface area contributed by atoms with Crippen molar-refractivity contribution in [1.29, 1.82) is 0 Å². The van der Waals surface area contributed by atoms with Gasteiger partial charge in [0.25, 0.3) is 0 Å². The molecule has 0 aromatic heterocycles. The normalized spacial score (nSPS) is 21.2. The van der Waals surface area contributed by atoms with Crippen LogP contribution in [0.1, 0.15) is 31.7 Å². The number of hydrogen-bond acceptors (Lipinski definition) is 1. The molecule has 3 heteroatoms. The first-order valence-corrected chi connectivity index (χ1v) is 6.37. The monoisotopic (exact) mass is 241 g/mol. The van der Waals surface area contributed by atoms with E-state index in [9.17, 15) is 4.39 Å². The van der Waals surface area contributed by atoms with Crippen LogP contribution in [0.3, 0.4) is 0 Å². The zero-order valence-corrected chi connectivity index (χ0v) is 10.3. The maximum atomic E-state index is 13.6. The zero-order valence-electron chi connectivity index (χ0n) is 9.55. The Bertz CT molecular complexity index is 367. The van der Waals surface area contributed by atoms with Gasteiger partial charge in [-0.05, 0) is 38.3 Å². The van der Waals surface area contributed by atoms with Gasteiger partial charge < -0.3 is 4.90 Å². The number of rotatable bonds is 2. The van der Waals surface area contributed by atoms with Crippen LogP contribution >= 0.6 is 11.6 Å². The van der Waals surface area contributed by atoms with Crippen molar-refractivity contribution in [2.45, 2.75) is 38.1 Å². The van der Waals surface area contributed by atoms with Crippen molar-refractivity contribution in [3.8, 4) is 0 Å². The SMILES string of the molecule is CC1CCCCN1c1cccc(F)c1CCl. The van der Waals surface area contributed by atoms with Crippen LogP contribution in [0.5, 0.6) is 0 Å².